The number of nitrogens with zero attached hydrogens (tertiary/aromatic N) is 1. The molecule has 2 aromatic rings. The van der Waals surface area contributed by atoms with E-state index in [2.05, 4.69) is 32.2 Å². The summed E-state index contributed by atoms with van der Waals surface area (Å²) in [5.41, 5.74) is 5.36. The van der Waals surface area contributed by atoms with E-state index in [0.29, 0.717) is 0 Å². The lowest BCUT2D eigenvalue weighted by Crippen LogP contribution is -2.26. The minimum absolute atomic E-state index is 0.0423. The lowest BCUT2D eigenvalue weighted by molar-refractivity contribution is -0.119. The second-order valence-corrected chi connectivity index (χ2v) is 6.22. The Balaban J connectivity index is 1.71. The van der Waals surface area contributed by atoms with Crippen LogP contribution < -0.4 is 16.0 Å². The highest BCUT2D eigenvalue weighted by atomic mass is 16.2. The molecule has 0 saturated carbocycles. The van der Waals surface area contributed by atoms with Crippen LogP contribution in [-0.2, 0) is 10.2 Å². The second-order valence-electron chi connectivity index (χ2n) is 6.22. The van der Waals surface area contributed by atoms with Crippen molar-refractivity contribution in [2.45, 2.75) is 32.4 Å². The van der Waals surface area contributed by atoms with Crippen molar-refractivity contribution in [3.8, 4) is 0 Å². The lowest BCUT2D eigenvalue weighted by Gasteiger charge is -2.15. The molecule has 1 amide bonds. The summed E-state index contributed by atoms with van der Waals surface area (Å²) in [6, 6.07) is 6.05. The number of hydrogen-bond donors (Lipinski definition) is 4. The van der Waals surface area contributed by atoms with Crippen molar-refractivity contribution in [1.29, 1.82) is 0 Å². The number of H-pyrrole nitrogens is 1. The second kappa shape index (κ2) is 3.78. The molecule has 0 aliphatic carbocycles. The summed E-state index contributed by atoms with van der Waals surface area (Å²) in [7, 11) is 0. The first-order valence-corrected chi connectivity index (χ1v) is 7.00. The Kier molecular flexibility index (Phi) is 2.21. The van der Waals surface area contributed by atoms with Crippen molar-refractivity contribution < 1.29 is 4.79 Å². The molecule has 6 heteroatoms. The molecule has 0 radical (unpaired) electrons. The van der Waals surface area contributed by atoms with Gasteiger partial charge in [0.05, 0.1) is 16.8 Å². The number of nitrogens with one attached hydrogen (secondary N) is 4. The van der Waals surface area contributed by atoms with Gasteiger partial charge in [0.15, 0.2) is 0 Å². The number of anilines is 3. The highest BCUT2D eigenvalue weighted by Gasteiger charge is 2.40. The standard InChI is InChI=1S/C15H17N5O/c1-7-4-12(20-19-7)13-16-10-5-8-9(6-11(10)17-13)18-14(21)15(8,2)3/h4-6,13,16-17H,1-3H3,(H,18,21)(H,19,20). The fourth-order valence-electron chi connectivity index (χ4n) is 2.94. The van der Waals surface area contributed by atoms with Crippen LogP contribution in [0.5, 0.6) is 0 Å². The van der Waals surface area contributed by atoms with E-state index in [-0.39, 0.29) is 12.1 Å². The SMILES string of the molecule is Cc1cc(C2Nc3cc4c(cc3N2)C(C)(C)C(=O)N4)n[nH]1. The Morgan fingerprint density at radius 3 is 2.48 bits per heavy atom. The summed E-state index contributed by atoms with van der Waals surface area (Å²) < 4.78 is 0. The van der Waals surface area contributed by atoms with Crippen molar-refractivity contribution in [3.05, 3.63) is 35.2 Å². The van der Waals surface area contributed by atoms with Crippen molar-refractivity contribution in [3.63, 3.8) is 0 Å². The van der Waals surface area contributed by atoms with E-state index in [1.54, 1.807) is 0 Å². The van der Waals surface area contributed by atoms with Gasteiger partial charge >= 0.3 is 0 Å². The quantitative estimate of drug-likeness (QED) is 0.648. The summed E-state index contributed by atoms with van der Waals surface area (Å²) in [5.74, 6) is 0.0423. The molecule has 0 saturated heterocycles. The number of carbonyl (C=O) groups excluding carboxylic acids is 1. The molecular weight excluding hydrogens is 266 g/mol. The van der Waals surface area contributed by atoms with Crippen LogP contribution in [0, 0.1) is 6.92 Å². The molecule has 108 valence electrons. The molecular formula is C15H17N5O. The Bertz CT molecular complexity index is 761. The average Bonchev–Trinajstić information content (AvgIpc) is 3.07. The summed E-state index contributed by atoms with van der Waals surface area (Å²) >= 11 is 0. The van der Waals surface area contributed by atoms with Gasteiger partial charge in [0.1, 0.15) is 11.9 Å². The molecule has 6 nitrogen and oxygen atoms in total. The predicted octanol–water partition coefficient (Wildman–Crippen LogP) is 2.48. The van der Waals surface area contributed by atoms with E-state index < -0.39 is 5.41 Å². The number of rotatable bonds is 1. The normalized spacial score (nSPS) is 21.3. The van der Waals surface area contributed by atoms with Crippen LogP contribution in [0.25, 0.3) is 0 Å². The number of aryl methyl sites for hydroxylation is 1. The third kappa shape index (κ3) is 1.65. The summed E-state index contributed by atoms with van der Waals surface area (Å²) in [6.45, 7) is 5.86. The number of hydrogen-bond acceptors (Lipinski definition) is 4. The van der Waals surface area contributed by atoms with Gasteiger partial charge in [-0.3, -0.25) is 9.89 Å². The molecule has 0 fully saturated rings. The first-order chi connectivity index (χ1) is 9.95. The number of aromatic amines is 1. The van der Waals surface area contributed by atoms with Crippen LogP contribution in [0.15, 0.2) is 18.2 Å². The maximum atomic E-state index is 12.0. The third-order valence-electron chi connectivity index (χ3n) is 4.27. The number of fused-ring (bicyclic) bond motifs is 2. The molecule has 2 aliphatic rings. The third-order valence-corrected chi connectivity index (χ3v) is 4.27. The molecule has 4 rings (SSSR count). The zero-order valence-electron chi connectivity index (χ0n) is 12.2. The lowest BCUT2D eigenvalue weighted by atomic mass is 9.86. The van der Waals surface area contributed by atoms with Gasteiger partial charge < -0.3 is 16.0 Å². The highest BCUT2D eigenvalue weighted by Crippen LogP contribution is 2.45. The van der Waals surface area contributed by atoms with Crippen molar-refractivity contribution >= 4 is 23.0 Å². The highest BCUT2D eigenvalue weighted by molar-refractivity contribution is 6.07. The van der Waals surface area contributed by atoms with Crippen LogP contribution >= 0.6 is 0 Å². The zero-order valence-corrected chi connectivity index (χ0v) is 12.2. The molecule has 1 atom stereocenters. The molecule has 1 unspecified atom stereocenters. The first kappa shape index (κ1) is 12.3. The predicted molar refractivity (Wildman–Crippen MR) is 81.4 cm³/mol. The first-order valence-electron chi connectivity index (χ1n) is 7.00. The van der Waals surface area contributed by atoms with Gasteiger partial charge in [0.25, 0.3) is 0 Å². The van der Waals surface area contributed by atoms with Crippen LogP contribution in [0.2, 0.25) is 0 Å². The van der Waals surface area contributed by atoms with Crippen LogP contribution in [0.1, 0.15) is 37.0 Å². The Morgan fingerprint density at radius 2 is 1.81 bits per heavy atom. The average molecular weight is 283 g/mol. The Labute approximate surface area is 122 Å². The molecule has 4 N–H and O–H groups in total. The van der Waals surface area contributed by atoms with Gasteiger partial charge in [-0.1, -0.05) is 0 Å². The van der Waals surface area contributed by atoms with Gasteiger partial charge in [0.2, 0.25) is 5.91 Å². The molecule has 2 aliphatic heterocycles. The van der Waals surface area contributed by atoms with Gasteiger partial charge in [-0.05, 0) is 44.5 Å². The number of benzene rings is 1. The van der Waals surface area contributed by atoms with E-state index in [9.17, 15) is 4.79 Å². The largest absolute Gasteiger partial charge is 0.359 e. The fraction of sp³-hybridized carbons (Fsp3) is 0.333. The van der Waals surface area contributed by atoms with Crippen molar-refractivity contribution in [2.24, 2.45) is 0 Å². The van der Waals surface area contributed by atoms with Gasteiger partial charge in [-0.2, -0.15) is 5.10 Å². The summed E-state index contributed by atoms with van der Waals surface area (Å²) in [5, 5.41) is 17.0. The molecule has 21 heavy (non-hydrogen) atoms. The van der Waals surface area contributed by atoms with Crippen LogP contribution in [0.4, 0.5) is 17.1 Å². The molecule has 3 heterocycles. The van der Waals surface area contributed by atoms with Crippen LogP contribution in [0.3, 0.4) is 0 Å². The zero-order chi connectivity index (χ0) is 14.8. The van der Waals surface area contributed by atoms with Gasteiger partial charge in [-0.15, -0.1) is 0 Å². The number of aromatic nitrogens is 2. The fourth-order valence-corrected chi connectivity index (χ4v) is 2.94. The van der Waals surface area contributed by atoms with E-state index in [1.807, 2.05) is 32.9 Å². The maximum Gasteiger partial charge on any atom is 0.234 e. The van der Waals surface area contributed by atoms with E-state index in [0.717, 1.165) is 34.0 Å². The van der Waals surface area contributed by atoms with E-state index >= 15 is 0 Å². The van der Waals surface area contributed by atoms with E-state index in [1.165, 1.54) is 0 Å². The topological polar surface area (TPSA) is 81.8 Å². The Hall–Kier alpha value is -2.50. The van der Waals surface area contributed by atoms with Crippen molar-refractivity contribution in [1.82, 2.24) is 10.2 Å². The number of amides is 1. The maximum absolute atomic E-state index is 12.0. The summed E-state index contributed by atoms with van der Waals surface area (Å²) in [4.78, 5) is 12.0. The van der Waals surface area contributed by atoms with E-state index in [4.69, 9.17) is 0 Å². The molecule has 1 aromatic carbocycles. The number of carbonyl (C=O) groups is 1. The van der Waals surface area contributed by atoms with Gasteiger partial charge in [0, 0.05) is 11.4 Å². The van der Waals surface area contributed by atoms with Crippen LogP contribution in [-0.4, -0.2) is 16.1 Å². The minimum Gasteiger partial charge on any atom is -0.359 e. The minimum atomic E-state index is -0.493. The van der Waals surface area contributed by atoms with Gasteiger partial charge in [-0.25, -0.2) is 0 Å². The monoisotopic (exact) mass is 283 g/mol. The molecule has 1 aromatic heterocycles. The molecule has 0 bridgehead atoms. The Morgan fingerprint density at radius 1 is 1.10 bits per heavy atom. The summed E-state index contributed by atoms with van der Waals surface area (Å²) in [6.07, 6.45) is -0.0497. The van der Waals surface area contributed by atoms with Crippen molar-refractivity contribution in [2.75, 3.05) is 16.0 Å². The smallest absolute Gasteiger partial charge is 0.234 e. The molecule has 0 spiro atoms.